The van der Waals surface area contributed by atoms with Crippen molar-refractivity contribution in [3.63, 3.8) is 0 Å². The van der Waals surface area contributed by atoms with Crippen LogP contribution < -0.4 is 0 Å². The van der Waals surface area contributed by atoms with Crippen molar-refractivity contribution in [2.45, 2.75) is 25.8 Å². The molecule has 0 saturated carbocycles. The van der Waals surface area contributed by atoms with Crippen LogP contribution in [0.2, 0.25) is 0 Å². The first-order valence-electron chi connectivity index (χ1n) is 7.43. The molecule has 1 heterocycles. The van der Waals surface area contributed by atoms with E-state index in [9.17, 15) is 18.0 Å². The van der Waals surface area contributed by atoms with Crippen LogP contribution in [0.3, 0.4) is 0 Å². The van der Waals surface area contributed by atoms with Crippen molar-refractivity contribution in [2.24, 2.45) is 0 Å². The summed E-state index contributed by atoms with van der Waals surface area (Å²) >= 11 is 0. The molecule has 0 aromatic heterocycles. The lowest BCUT2D eigenvalue weighted by atomic mass is 10.1. The van der Waals surface area contributed by atoms with Crippen LogP contribution in [0.25, 0.3) is 0 Å². The lowest BCUT2D eigenvalue weighted by Crippen LogP contribution is -2.45. The molecule has 0 radical (unpaired) electrons. The highest BCUT2D eigenvalue weighted by Crippen LogP contribution is 2.19. The molecule has 1 atom stereocenters. The van der Waals surface area contributed by atoms with Gasteiger partial charge in [0.15, 0.2) is 9.84 Å². The van der Waals surface area contributed by atoms with E-state index in [0.29, 0.717) is 6.42 Å². The van der Waals surface area contributed by atoms with Gasteiger partial charge in [-0.3, -0.25) is 9.59 Å². The van der Waals surface area contributed by atoms with E-state index in [4.69, 9.17) is 0 Å². The van der Waals surface area contributed by atoms with Gasteiger partial charge < -0.3 is 9.64 Å². The largest absolute Gasteiger partial charge is 0.468 e. The molecule has 0 spiro atoms. The molecule has 23 heavy (non-hydrogen) atoms. The van der Waals surface area contributed by atoms with Crippen LogP contribution >= 0.6 is 0 Å². The zero-order valence-corrected chi connectivity index (χ0v) is 14.1. The molecule has 1 fully saturated rings. The van der Waals surface area contributed by atoms with Crippen LogP contribution in [0.1, 0.15) is 17.5 Å². The minimum Gasteiger partial charge on any atom is -0.468 e. The van der Waals surface area contributed by atoms with Gasteiger partial charge in [0, 0.05) is 6.04 Å². The zero-order valence-electron chi connectivity index (χ0n) is 13.3. The van der Waals surface area contributed by atoms with E-state index in [0.717, 1.165) is 11.1 Å². The van der Waals surface area contributed by atoms with Gasteiger partial charge in [0.2, 0.25) is 5.91 Å². The van der Waals surface area contributed by atoms with Gasteiger partial charge in [-0.1, -0.05) is 29.8 Å². The molecule has 1 saturated heterocycles. The molecule has 126 valence electrons. The Kier molecular flexibility index (Phi) is 5.41. The Balaban J connectivity index is 2.13. The smallest absolute Gasteiger partial charge is 0.325 e. The molecular formula is C16H21NO5S. The number of sulfone groups is 1. The summed E-state index contributed by atoms with van der Waals surface area (Å²) in [5, 5.41) is 0. The number of rotatable bonds is 5. The third kappa shape index (κ3) is 4.79. The number of aryl methyl sites for hydroxylation is 1. The first-order valence-corrected chi connectivity index (χ1v) is 9.25. The van der Waals surface area contributed by atoms with Crippen LogP contribution in [0.5, 0.6) is 0 Å². The Bertz CT molecular complexity index is 681. The molecule has 0 bridgehead atoms. The average molecular weight is 339 g/mol. The molecule has 1 aromatic carbocycles. The van der Waals surface area contributed by atoms with Crippen LogP contribution in [-0.2, 0) is 30.6 Å². The Labute approximate surface area is 136 Å². The summed E-state index contributed by atoms with van der Waals surface area (Å²) in [7, 11) is -1.89. The minimum absolute atomic E-state index is 0.0488. The molecule has 1 amide bonds. The van der Waals surface area contributed by atoms with Gasteiger partial charge in [0.05, 0.1) is 25.0 Å². The maximum atomic E-state index is 12.6. The van der Waals surface area contributed by atoms with E-state index in [-0.39, 0.29) is 30.4 Å². The lowest BCUT2D eigenvalue weighted by molar-refractivity contribution is -0.148. The molecule has 2 rings (SSSR count). The summed E-state index contributed by atoms with van der Waals surface area (Å²) in [5.41, 5.74) is 1.92. The lowest BCUT2D eigenvalue weighted by Gasteiger charge is -2.27. The summed E-state index contributed by atoms with van der Waals surface area (Å²) in [4.78, 5) is 25.5. The Hall–Kier alpha value is -1.89. The standard InChI is InChI=1S/C16H21NO5S/c1-12-3-5-13(6-4-12)9-15(18)17(10-16(19)22-2)14-7-8-23(20,21)11-14/h3-6,14H,7-11H2,1-2H3/t14-/m0/s1. The maximum Gasteiger partial charge on any atom is 0.325 e. The monoisotopic (exact) mass is 339 g/mol. The molecule has 7 heteroatoms. The number of amides is 1. The Morgan fingerprint density at radius 1 is 1.26 bits per heavy atom. The molecule has 0 aliphatic carbocycles. The van der Waals surface area contributed by atoms with Crippen LogP contribution in [0, 0.1) is 6.92 Å². The van der Waals surface area contributed by atoms with Crippen molar-refractivity contribution >= 4 is 21.7 Å². The number of hydrogen-bond donors (Lipinski definition) is 0. The van der Waals surface area contributed by atoms with E-state index in [1.165, 1.54) is 12.0 Å². The summed E-state index contributed by atoms with van der Waals surface area (Å²) in [6.07, 6.45) is 0.493. The molecule has 1 aromatic rings. The van der Waals surface area contributed by atoms with Gasteiger partial charge in [0.1, 0.15) is 6.54 Å². The normalized spacial score (nSPS) is 19.3. The van der Waals surface area contributed by atoms with Gasteiger partial charge >= 0.3 is 5.97 Å². The second-order valence-corrected chi connectivity index (χ2v) is 8.05. The third-order valence-electron chi connectivity index (χ3n) is 3.97. The van der Waals surface area contributed by atoms with Gasteiger partial charge in [-0.2, -0.15) is 0 Å². The number of methoxy groups -OCH3 is 1. The van der Waals surface area contributed by atoms with E-state index in [1.807, 2.05) is 31.2 Å². The molecule has 0 N–H and O–H groups in total. The van der Waals surface area contributed by atoms with Gasteiger partial charge in [-0.15, -0.1) is 0 Å². The van der Waals surface area contributed by atoms with Crippen LogP contribution in [0.15, 0.2) is 24.3 Å². The van der Waals surface area contributed by atoms with Crippen molar-refractivity contribution in [3.8, 4) is 0 Å². The predicted molar refractivity (Wildman–Crippen MR) is 85.7 cm³/mol. The minimum atomic E-state index is -3.14. The van der Waals surface area contributed by atoms with Crippen LogP contribution in [0.4, 0.5) is 0 Å². The number of carbonyl (C=O) groups excluding carboxylic acids is 2. The van der Waals surface area contributed by atoms with E-state index in [2.05, 4.69) is 4.74 Å². The highest BCUT2D eigenvalue weighted by atomic mass is 32.2. The topological polar surface area (TPSA) is 80.8 Å². The van der Waals surface area contributed by atoms with Crippen molar-refractivity contribution in [2.75, 3.05) is 25.2 Å². The predicted octanol–water partition coefficient (Wildman–Crippen LogP) is 0.726. The SMILES string of the molecule is COC(=O)CN(C(=O)Cc1ccc(C)cc1)[C@H]1CCS(=O)(=O)C1. The van der Waals surface area contributed by atoms with E-state index >= 15 is 0 Å². The summed E-state index contributed by atoms with van der Waals surface area (Å²) in [6.45, 7) is 1.74. The Morgan fingerprint density at radius 3 is 2.43 bits per heavy atom. The highest BCUT2D eigenvalue weighted by molar-refractivity contribution is 7.91. The van der Waals surface area contributed by atoms with Crippen molar-refractivity contribution < 1.29 is 22.7 Å². The van der Waals surface area contributed by atoms with Gasteiger partial charge in [0.25, 0.3) is 0 Å². The number of esters is 1. The van der Waals surface area contributed by atoms with Gasteiger partial charge in [-0.25, -0.2) is 8.42 Å². The number of ether oxygens (including phenoxy) is 1. The van der Waals surface area contributed by atoms with Crippen LogP contribution in [-0.4, -0.2) is 56.4 Å². The summed E-state index contributed by atoms with van der Waals surface area (Å²) in [6, 6.07) is 7.07. The quantitative estimate of drug-likeness (QED) is 0.739. The fourth-order valence-corrected chi connectivity index (χ4v) is 4.36. The molecule has 0 unspecified atom stereocenters. The molecular weight excluding hydrogens is 318 g/mol. The van der Waals surface area contributed by atoms with Crippen molar-refractivity contribution in [1.82, 2.24) is 4.90 Å². The van der Waals surface area contributed by atoms with E-state index < -0.39 is 21.8 Å². The molecule has 1 aliphatic heterocycles. The Morgan fingerprint density at radius 2 is 1.91 bits per heavy atom. The molecule has 6 nitrogen and oxygen atoms in total. The second kappa shape index (κ2) is 7.12. The first kappa shape index (κ1) is 17.5. The highest BCUT2D eigenvalue weighted by Gasteiger charge is 2.35. The number of carbonyl (C=O) groups is 2. The maximum absolute atomic E-state index is 12.6. The summed E-state index contributed by atoms with van der Waals surface area (Å²) < 4.78 is 28.0. The summed E-state index contributed by atoms with van der Waals surface area (Å²) in [5.74, 6) is -0.857. The fraction of sp³-hybridized carbons (Fsp3) is 0.500. The van der Waals surface area contributed by atoms with E-state index in [1.54, 1.807) is 0 Å². The number of benzene rings is 1. The zero-order chi connectivity index (χ0) is 17.0. The van der Waals surface area contributed by atoms with Crippen molar-refractivity contribution in [3.05, 3.63) is 35.4 Å². The molecule has 1 aliphatic rings. The first-order chi connectivity index (χ1) is 10.8. The second-order valence-electron chi connectivity index (χ2n) is 5.82. The average Bonchev–Trinajstić information content (AvgIpc) is 2.86. The van der Waals surface area contributed by atoms with Crippen molar-refractivity contribution in [1.29, 1.82) is 0 Å². The fourth-order valence-electron chi connectivity index (χ4n) is 2.63. The number of hydrogen-bond acceptors (Lipinski definition) is 5. The third-order valence-corrected chi connectivity index (χ3v) is 5.72. The van der Waals surface area contributed by atoms with Gasteiger partial charge in [-0.05, 0) is 18.9 Å². The number of nitrogens with zero attached hydrogens (tertiary/aromatic N) is 1.